The second-order valence-corrected chi connectivity index (χ2v) is 4.18. The number of ether oxygens (including phenoxy) is 1. The van der Waals surface area contributed by atoms with Crippen LogP contribution >= 0.6 is 15.9 Å². The van der Waals surface area contributed by atoms with E-state index in [2.05, 4.69) is 22.0 Å². The van der Waals surface area contributed by atoms with Crippen molar-refractivity contribution in [2.75, 3.05) is 6.61 Å². The molecule has 3 nitrogen and oxygen atoms in total. The summed E-state index contributed by atoms with van der Waals surface area (Å²) in [5.74, 6) is 0.831. The highest BCUT2D eigenvalue weighted by Gasteiger charge is 2.18. The fourth-order valence-electron chi connectivity index (χ4n) is 1.52. The number of nitrogens with two attached hydrogens (primary N) is 1. The molecule has 0 fully saturated rings. The summed E-state index contributed by atoms with van der Waals surface area (Å²) in [5.41, 5.74) is 7.40. The van der Waals surface area contributed by atoms with Crippen LogP contribution in [0.15, 0.2) is 16.6 Å². The maximum absolute atomic E-state index is 8.83. The molecule has 1 aromatic carbocycles. The molecular formula is C10H9BrN2O. The lowest BCUT2D eigenvalue weighted by molar-refractivity contribution is 0.263. The molecule has 1 aromatic rings. The van der Waals surface area contributed by atoms with Crippen LogP contribution in [0.25, 0.3) is 0 Å². The maximum Gasteiger partial charge on any atom is 0.123 e. The first-order chi connectivity index (χ1) is 6.70. The van der Waals surface area contributed by atoms with Gasteiger partial charge in [0.2, 0.25) is 0 Å². The number of nitriles is 1. The van der Waals surface area contributed by atoms with Gasteiger partial charge >= 0.3 is 0 Å². The molecule has 0 bridgehead atoms. The Labute approximate surface area is 90.6 Å². The number of hydrogen-bond donors (Lipinski definition) is 1. The van der Waals surface area contributed by atoms with Crippen LogP contribution in [0.1, 0.15) is 11.1 Å². The molecule has 1 atom stereocenters. The van der Waals surface area contributed by atoms with E-state index in [1.165, 1.54) is 0 Å². The molecule has 0 aliphatic carbocycles. The van der Waals surface area contributed by atoms with Gasteiger partial charge in [0, 0.05) is 10.5 Å². The minimum atomic E-state index is 0.0372. The van der Waals surface area contributed by atoms with E-state index in [9.17, 15) is 0 Å². The third kappa shape index (κ3) is 1.61. The van der Waals surface area contributed by atoms with Crippen LogP contribution < -0.4 is 10.5 Å². The van der Waals surface area contributed by atoms with Crippen molar-refractivity contribution in [2.45, 2.75) is 12.5 Å². The Bertz CT molecular complexity index is 411. The minimum Gasteiger partial charge on any atom is -0.492 e. The standard InChI is InChI=1S/C10H9BrN2O/c11-9-3-10-6(1-7(9)4-12)2-8(13)5-14-10/h1,3,8H,2,5,13H2/t8-/m0/s1. The molecule has 0 saturated heterocycles. The quantitative estimate of drug-likeness (QED) is 0.763. The third-order valence-corrected chi connectivity index (χ3v) is 2.86. The molecule has 2 N–H and O–H groups in total. The highest BCUT2D eigenvalue weighted by molar-refractivity contribution is 9.10. The summed E-state index contributed by atoms with van der Waals surface area (Å²) in [4.78, 5) is 0. The molecule has 2 rings (SSSR count). The molecular weight excluding hydrogens is 244 g/mol. The summed E-state index contributed by atoms with van der Waals surface area (Å²) in [6.07, 6.45) is 0.775. The van der Waals surface area contributed by atoms with Crippen molar-refractivity contribution in [3.63, 3.8) is 0 Å². The highest BCUT2D eigenvalue weighted by Crippen LogP contribution is 2.30. The smallest absolute Gasteiger partial charge is 0.123 e. The number of benzene rings is 1. The van der Waals surface area contributed by atoms with Crippen molar-refractivity contribution in [2.24, 2.45) is 5.73 Å². The monoisotopic (exact) mass is 252 g/mol. The van der Waals surface area contributed by atoms with E-state index in [4.69, 9.17) is 15.7 Å². The summed E-state index contributed by atoms with van der Waals surface area (Å²) in [6, 6.07) is 5.82. The van der Waals surface area contributed by atoms with Crippen molar-refractivity contribution in [1.29, 1.82) is 5.26 Å². The van der Waals surface area contributed by atoms with Gasteiger partial charge in [-0.1, -0.05) is 0 Å². The van der Waals surface area contributed by atoms with Crippen LogP contribution in [0.2, 0.25) is 0 Å². The first kappa shape index (κ1) is 9.50. The Morgan fingerprint density at radius 2 is 2.36 bits per heavy atom. The predicted molar refractivity (Wildman–Crippen MR) is 56.0 cm³/mol. The van der Waals surface area contributed by atoms with Crippen LogP contribution in [-0.4, -0.2) is 12.6 Å². The van der Waals surface area contributed by atoms with E-state index in [0.29, 0.717) is 12.2 Å². The van der Waals surface area contributed by atoms with Crippen LogP contribution in [-0.2, 0) is 6.42 Å². The van der Waals surface area contributed by atoms with Crippen molar-refractivity contribution in [1.82, 2.24) is 0 Å². The molecule has 0 aromatic heterocycles. The molecule has 0 spiro atoms. The first-order valence-electron chi connectivity index (χ1n) is 4.31. The molecule has 0 saturated carbocycles. The molecule has 0 radical (unpaired) electrons. The summed E-state index contributed by atoms with van der Waals surface area (Å²) >= 11 is 3.32. The van der Waals surface area contributed by atoms with Gasteiger partial charge in [0.15, 0.2) is 0 Å². The average molecular weight is 253 g/mol. The van der Waals surface area contributed by atoms with Gasteiger partial charge in [-0.05, 0) is 40.0 Å². The fraction of sp³-hybridized carbons (Fsp3) is 0.300. The normalized spacial score (nSPS) is 19.4. The molecule has 0 unspecified atom stereocenters. The Morgan fingerprint density at radius 3 is 3.07 bits per heavy atom. The van der Waals surface area contributed by atoms with Crippen LogP contribution in [0, 0.1) is 11.3 Å². The Balaban J connectivity index is 2.47. The molecule has 72 valence electrons. The van der Waals surface area contributed by atoms with Gasteiger partial charge in [-0.15, -0.1) is 0 Å². The highest BCUT2D eigenvalue weighted by atomic mass is 79.9. The van der Waals surface area contributed by atoms with Crippen LogP contribution in [0.3, 0.4) is 0 Å². The largest absolute Gasteiger partial charge is 0.492 e. The molecule has 1 aliphatic rings. The zero-order valence-electron chi connectivity index (χ0n) is 7.46. The van der Waals surface area contributed by atoms with Crippen molar-refractivity contribution >= 4 is 15.9 Å². The van der Waals surface area contributed by atoms with Gasteiger partial charge in [-0.25, -0.2) is 0 Å². The zero-order chi connectivity index (χ0) is 10.1. The third-order valence-electron chi connectivity index (χ3n) is 2.21. The van der Waals surface area contributed by atoms with E-state index in [0.717, 1.165) is 22.2 Å². The van der Waals surface area contributed by atoms with Crippen LogP contribution in [0.4, 0.5) is 0 Å². The first-order valence-corrected chi connectivity index (χ1v) is 5.11. The minimum absolute atomic E-state index is 0.0372. The van der Waals surface area contributed by atoms with Gasteiger partial charge in [0.25, 0.3) is 0 Å². The van der Waals surface area contributed by atoms with Crippen molar-refractivity contribution < 1.29 is 4.74 Å². The Kier molecular flexibility index (Phi) is 2.44. The lowest BCUT2D eigenvalue weighted by Gasteiger charge is -2.22. The topological polar surface area (TPSA) is 59.0 Å². The van der Waals surface area contributed by atoms with E-state index in [1.807, 2.05) is 12.1 Å². The molecule has 1 aliphatic heterocycles. The Morgan fingerprint density at radius 1 is 1.57 bits per heavy atom. The van der Waals surface area contributed by atoms with Crippen molar-refractivity contribution in [3.8, 4) is 11.8 Å². The van der Waals surface area contributed by atoms with Gasteiger partial charge < -0.3 is 10.5 Å². The number of nitrogens with zero attached hydrogens (tertiary/aromatic N) is 1. The van der Waals surface area contributed by atoms with E-state index in [1.54, 1.807) is 0 Å². The molecule has 0 amide bonds. The van der Waals surface area contributed by atoms with Crippen molar-refractivity contribution in [3.05, 3.63) is 27.7 Å². The second-order valence-electron chi connectivity index (χ2n) is 3.33. The predicted octanol–water partition coefficient (Wildman–Crippen LogP) is 1.58. The van der Waals surface area contributed by atoms with Gasteiger partial charge in [-0.2, -0.15) is 5.26 Å². The second kappa shape index (κ2) is 3.60. The summed E-state index contributed by atoms with van der Waals surface area (Å²) < 4.78 is 6.22. The molecule has 1 heterocycles. The number of rotatable bonds is 0. The summed E-state index contributed by atoms with van der Waals surface area (Å²) in [5, 5.41) is 8.83. The van der Waals surface area contributed by atoms with Gasteiger partial charge in [0.1, 0.15) is 18.4 Å². The maximum atomic E-state index is 8.83. The van der Waals surface area contributed by atoms with E-state index in [-0.39, 0.29) is 6.04 Å². The SMILES string of the molecule is N#Cc1cc2c(cc1Br)OC[C@@H](N)C2. The summed E-state index contributed by atoms with van der Waals surface area (Å²) in [6.45, 7) is 0.547. The molecule has 4 heteroatoms. The van der Waals surface area contributed by atoms with Gasteiger partial charge in [0.05, 0.1) is 5.56 Å². The Hall–Kier alpha value is -1.05. The lowest BCUT2D eigenvalue weighted by Crippen LogP contribution is -2.33. The van der Waals surface area contributed by atoms with Crippen LogP contribution in [0.5, 0.6) is 5.75 Å². The average Bonchev–Trinajstić information content (AvgIpc) is 2.17. The zero-order valence-corrected chi connectivity index (χ0v) is 9.04. The number of fused-ring (bicyclic) bond motifs is 1. The summed E-state index contributed by atoms with van der Waals surface area (Å²) in [7, 11) is 0. The van der Waals surface area contributed by atoms with E-state index >= 15 is 0 Å². The number of hydrogen-bond acceptors (Lipinski definition) is 3. The van der Waals surface area contributed by atoms with E-state index < -0.39 is 0 Å². The van der Waals surface area contributed by atoms with Gasteiger partial charge in [-0.3, -0.25) is 0 Å². The molecule has 14 heavy (non-hydrogen) atoms. The fourth-order valence-corrected chi connectivity index (χ4v) is 1.93. The lowest BCUT2D eigenvalue weighted by atomic mass is 10.0. The number of halogens is 1.